The Morgan fingerprint density at radius 3 is 0.653 bits per heavy atom. The van der Waals surface area contributed by atoms with Gasteiger partial charge < -0.3 is 9.84 Å². The number of benzene rings is 19. The molecule has 0 amide bonds. The number of hydrogen-bond donors (Lipinski definition) is 1. The third-order valence-electron chi connectivity index (χ3n) is 25.1. The van der Waals surface area contributed by atoms with Crippen molar-refractivity contribution in [3.8, 4) is 0 Å². The molecule has 0 saturated heterocycles. The van der Waals surface area contributed by atoms with Gasteiger partial charge >= 0.3 is 5.97 Å². The number of aryl methyl sites for hydroxylation is 2. The normalized spacial score (nSPS) is 21.4. The van der Waals surface area contributed by atoms with Crippen LogP contribution in [0.2, 0.25) is 0 Å². The van der Waals surface area contributed by atoms with E-state index in [1.807, 2.05) is 0 Å². The van der Waals surface area contributed by atoms with Crippen LogP contribution in [-0.4, -0.2) is 11.1 Å². The maximum absolute atomic E-state index is 16.2. The van der Waals surface area contributed by atoms with Crippen LogP contribution in [-0.2, 0) is 15.9 Å². The molecule has 0 unspecified atom stereocenters. The smallest absolute Gasteiger partial charge is 0.340 e. The number of carbonyl (C=O) groups is 1. The molecule has 304 valence electrons. The fourth-order valence-electron chi connectivity index (χ4n) is 24.6. The van der Waals surface area contributed by atoms with E-state index in [4.69, 9.17) is 4.74 Å². The fraction of sp³-hybridized carbons (Fsp3) is 0.0580. The zero-order valence-corrected chi connectivity index (χ0v) is 37.0. The number of carbonyl (C=O) groups excluding carboxylic acids is 1. The van der Waals surface area contributed by atoms with Crippen molar-refractivity contribution in [2.45, 2.75) is 25.0 Å². The van der Waals surface area contributed by atoms with Crippen molar-refractivity contribution in [1.82, 2.24) is 0 Å². The van der Waals surface area contributed by atoms with E-state index in [0.717, 1.165) is 33.4 Å². The average Bonchev–Trinajstić information content (AvgIpc) is 4.29. The Labute approximate surface area is 391 Å². The van der Waals surface area contributed by atoms with Gasteiger partial charge in [-0.1, -0.05) is 18.2 Å². The summed E-state index contributed by atoms with van der Waals surface area (Å²) in [6, 6.07) is 6.18. The van der Waals surface area contributed by atoms with Crippen molar-refractivity contribution in [3.63, 3.8) is 0 Å². The molecule has 0 bridgehead atoms. The summed E-state index contributed by atoms with van der Waals surface area (Å²) in [5, 5.41) is 94.6. The lowest BCUT2D eigenvalue weighted by molar-refractivity contribution is -0.115. The standard InChI is InChI=1S/C69H10O3/c1-6-4-3-5-7(2)8(6)67(70)72-69-65-59-53-43-31-23-15-11-9-10-13-17(15)25(31)35-29-21(13)22-14(10)18-16-12(9)20-19(11)27-33(23)41-47-37(27)38-28(20)34-24(16)32-26(18)36-30(22)40-39(29)51(45(35)53)61(65)62-52(40)46(36)54-44(32)50-42(34)48(38)56-55(47)63(57(59)49(41)43)68(69,71)64(56)58(50)60(54)66(62)69/h3-5,71H,1-2H3. The molecule has 1 N–H and O–H groups in total. The largest absolute Gasteiger partial charge is 0.442 e. The molecule has 0 aromatic heterocycles. The van der Waals surface area contributed by atoms with Crippen LogP contribution < -0.4 is 0 Å². The second kappa shape index (κ2) is 6.22. The lowest BCUT2D eigenvalue weighted by atomic mass is 9.61. The van der Waals surface area contributed by atoms with Gasteiger partial charge in [0.25, 0.3) is 0 Å². The Morgan fingerprint density at radius 1 is 0.292 bits per heavy atom. The molecule has 0 radical (unpaired) electrons. The molecule has 4 aliphatic rings. The van der Waals surface area contributed by atoms with Gasteiger partial charge in [-0.3, -0.25) is 0 Å². The maximum Gasteiger partial charge on any atom is 0.340 e. The van der Waals surface area contributed by atoms with Crippen molar-refractivity contribution in [1.29, 1.82) is 0 Å². The first-order valence-electron chi connectivity index (χ1n) is 26.3. The van der Waals surface area contributed by atoms with Gasteiger partial charge in [-0.25, -0.2) is 4.79 Å². The summed E-state index contributed by atoms with van der Waals surface area (Å²) < 4.78 is 8.04. The molecule has 3 nitrogen and oxygen atoms in total. The summed E-state index contributed by atoms with van der Waals surface area (Å²) >= 11 is 0. The first kappa shape index (κ1) is 27.5. The topological polar surface area (TPSA) is 46.5 Å². The lowest BCUT2D eigenvalue weighted by Gasteiger charge is -2.49. The maximum atomic E-state index is 16.2. The molecular formula is C69H10O3. The highest BCUT2D eigenvalue weighted by Gasteiger charge is 2.72. The van der Waals surface area contributed by atoms with E-state index in [1.165, 1.54) is 237 Å². The fourth-order valence-corrected chi connectivity index (χ4v) is 24.6. The Kier molecular flexibility index (Phi) is 2.37. The third kappa shape index (κ3) is 1.47. The van der Waals surface area contributed by atoms with Crippen LogP contribution >= 0.6 is 0 Å². The molecule has 0 saturated carbocycles. The molecule has 0 spiro atoms. The van der Waals surface area contributed by atoms with Crippen LogP contribution in [0.15, 0.2) is 18.2 Å². The molecule has 0 atom stereocenters. The molecule has 29 aromatic rings. The van der Waals surface area contributed by atoms with E-state index in [0.29, 0.717) is 5.56 Å². The Hall–Kier alpha value is -8.89. The van der Waals surface area contributed by atoms with Crippen LogP contribution in [0.5, 0.6) is 0 Å². The minimum Gasteiger partial charge on any atom is -0.442 e. The van der Waals surface area contributed by atoms with Crippen molar-refractivity contribution >= 4 is 297 Å². The molecule has 0 heterocycles. The molecular weight excluding hydrogens is 877 g/mol. The predicted octanol–water partition coefficient (Wildman–Crippen LogP) is 17.7. The van der Waals surface area contributed by atoms with Gasteiger partial charge in [0.1, 0.15) is 0 Å². The van der Waals surface area contributed by atoms with Gasteiger partial charge in [-0.2, -0.15) is 0 Å². The van der Waals surface area contributed by atoms with Gasteiger partial charge in [0, 0.05) is 22.3 Å². The highest BCUT2D eigenvalue weighted by Crippen LogP contribution is 2.84. The third-order valence-corrected chi connectivity index (χ3v) is 25.1. The first-order chi connectivity index (χ1) is 35.5. The van der Waals surface area contributed by atoms with Gasteiger partial charge in [-0.05, 0) is 316 Å². The van der Waals surface area contributed by atoms with Gasteiger partial charge in [-0.15, -0.1) is 0 Å². The molecule has 0 fully saturated rings. The highest BCUT2D eigenvalue weighted by atomic mass is 16.6. The number of aliphatic hydroxyl groups is 1. The summed E-state index contributed by atoms with van der Waals surface area (Å²) in [6.45, 7) is 4.12. The van der Waals surface area contributed by atoms with Gasteiger partial charge in [0.05, 0.1) is 5.56 Å². The second-order valence-corrected chi connectivity index (χ2v) is 25.8. The molecule has 3 heteroatoms. The molecule has 0 aliphatic heterocycles. The summed E-state index contributed by atoms with van der Waals surface area (Å²) in [5.41, 5.74) is 3.51. The van der Waals surface area contributed by atoms with Crippen LogP contribution in [0.25, 0.3) is 291 Å². The zero-order chi connectivity index (χ0) is 43.6. The highest BCUT2D eigenvalue weighted by molar-refractivity contribution is 6.82. The minimum atomic E-state index is -1.69. The van der Waals surface area contributed by atoms with Crippen molar-refractivity contribution in [3.05, 3.63) is 57.1 Å². The van der Waals surface area contributed by atoms with Crippen molar-refractivity contribution in [2.75, 3.05) is 0 Å². The van der Waals surface area contributed by atoms with E-state index in [-0.39, 0.29) is 5.97 Å². The molecule has 29 aromatic carbocycles. The van der Waals surface area contributed by atoms with E-state index in [1.54, 1.807) is 53.9 Å². The summed E-state index contributed by atoms with van der Waals surface area (Å²) in [5.74, 6) is -0.323. The van der Waals surface area contributed by atoms with Crippen LogP contribution in [0.4, 0.5) is 0 Å². The van der Waals surface area contributed by atoms with Crippen LogP contribution in [0, 0.1) is 13.8 Å². The van der Waals surface area contributed by atoms with Crippen LogP contribution in [0.3, 0.4) is 0 Å². The van der Waals surface area contributed by atoms with Gasteiger partial charge in [0.2, 0.25) is 5.60 Å². The van der Waals surface area contributed by atoms with E-state index in [9.17, 15) is 0 Å². The SMILES string of the molecule is Cc1cccc(C)c1C(=O)OC12c3c4c5c6c7c8c(c9c%10c1c1c3c3c%11c4c4c5c5c7c7c%12c8c8c9c9c%10c%10c1c1c3c3c%11c%11c4c4c5c7c5c7c%12c8c8c9c9c%10c1c1c3c3c%11c4c5c4c7c8c9c1c34)C62O. The lowest BCUT2D eigenvalue weighted by Crippen LogP contribution is -2.54. The second-order valence-electron chi connectivity index (χ2n) is 25.8. The number of hydrogen-bond acceptors (Lipinski definition) is 3. The number of rotatable bonds is 2. The Balaban J connectivity index is 1.14. The minimum absolute atomic E-state index is 0.323. The van der Waals surface area contributed by atoms with Gasteiger partial charge in [0.15, 0.2) is 5.60 Å². The Morgan fingerprint density at radius 2 is 0.458 bits per heavy atom. The van der Waals surface area contributed by atoms with Crippen LogP contribution in [0.1, 0.15) is 43.7 Å². The quantitative estimate of drug-likeness (QED) is 0.139. The summed E-state index contributed by atoms with van der Waals surface area (Å²) in [6.07, 6.45) is 0. The predicted molar refractivity (Wildman–Crippen MR) is 297 cm³/mol. The Bertz CT molecular complexity index is 7290. The number of esters is 1. The molecule has 72 heavy (non-hydrogen) atoms. The van der Waals surface area contributed by atoms with Crippen molar-refractivity contribution in [2.24, 2.45) is 0 Å². The zero-order valence-electron chi connectivity index (χ0n) is 37.0. The molecule has 4 aliphatic carbocycles. The van der Waals surface area contributed by atoms with Crippen molar-refractivity contribution < 1.29 is 14.6 Å². The number of ether oxygens (including phenoxy) is 1. The molecule has 33 rings (SSSR count). The van der Waals surface area contributed by atoms with E-state index in [2.05, 4.69) is 32.0 Å². The summed E-state index contributed by atoms with van der Waals surface area (Å²) in [4.78, 5) is 16.2. The first-order valence-corrected chi connectivity index (χ1v) is 26.3. The monoisotopic (exact) mass is 886 g/mol. The summed E-state index contributed by atoms with van der Waals surface area (Å²) in [7, 11) is 0. The van der Waals surface area contributed by atoms with E-state index < -0.39 is 11.2 Å². The average molecular weight is 887 g/mol. The van der Waals surface area contributed by atoms with E-state index >= 15 is 9.90 Å².